The monoisotopic (exact) mass is 254 g/mol. The second-order valence-corrected chi connectivity index (χ2v) is 3.82. The maximum atomic E-state index is 5.59. The molecule has 0 aliphatic rings. The summed E-state index contributed by atoms with van der Waals surface area (Å²) in [5.41, 5.74) is 7.52. The van der Waals surface area contributed by atoms with Crippen molar-refractivity contribution >= 4 is 0 Å². The fourth-order valence-corrected chi connectivity index (χ4v) is 1.49. The maximum absolute atomic E-state index is 5.59. The molecule has 0 aliphatic carbocycles. The highest BCUT2D eigenvalue weighted by atomic mass is 16.5. The summed E-state index contributed by atoms with van der Waals surface area (Å²) in [7, 11) is 1.69. The molecule has 0 atom stereocenters. The fourth-order valence-electron chi connectivity index (χ4n) is 1.49. The van der Waals surface area contributed by atoms with Crippen molar-refractivity contribution in [2.24, 2.45) is 5.73 Å². The van der Waals surface area contributed by atoms with Crippen LogP contribution < -0.4 is 5.73 Å². The normalized spacial score (nSPS) is 10.8. The minimum absolute atomic E-state index is 0.438. The molecule has 5 nitrogen and oxygen atoms in total. The lowest BCUT2D eigenvalue weighted by Crippen LogP contribution is -2.09. The number of methoxy groups -OCH3 is 1. The second-order valence-electron chi connectivity index (χ2n) is 3.82. The minimum atomic E-state index is 0.438. The van der Waals surface area contributed by atoms with Crippen LogP contribution in [0, 0.1) is 0 Å². The third-order valence-corrected chi connectivity index (χ3v) is 2.44. The molecule has 1 aromatic rings. The van der Waals surface area contributed by atoms with Crippen molar-refractivity contribution in [3.63, 3.8) is 0 Å². The molecule has 0 unspecified atom stereocenters. The van der Waals surface area contributed by atoms with Crippen molar-refractivity contribution in [3.05, 3.63) is 29.6 Å². The number of pyridine rings is 1. The first-order valence-corrected chi connectivity index (χ1v) is 6.15. The number of rotatable bonds is 10. The Morgan fingerprint density at radius 2 is 2.00 bits per heavy atom. The van der Waals surface area contributed by atoms with Crippen molar-refractivity contribution in [1.29, 1.82) is 0 Å². The molecule has 0 saturated carbocycles. The van der Waals surface area contributed by atoms with Crippen molar-refractivity contribution in [2.45, 2.75) is 19.6 Å². The van der Waals surface area contributed by atoms with Gasteiger partial charge in [-0.05, 0) is 12.5 Å². The summed E-state index contributed by atoms with van der Waals surface area (Å²) in [6, 6.07) is 3.87. The Morgan fingerprint density at radius 1 is 1.17 bits per heavy atom. The zero-order valence-electron chi connectivity index (χ0n) is 10.9. The maximum Gasteiger partial charge on any atom is 0.0736 e. The molecule has 0 bridgehead atoms. The standard InChI is InChI=1S/C13H22N2O3/c1-16-6-3-7-17-8-9-18-11-12-4-2-5-15-13(12)10-14/h2,4-5H,3,6-11,14H2,1H3. The van der Waals surface area contributed by atoms with Gasteiger partial charge in [0, 0.05) is 38.6 Å². The van der Waals surface area contributed by atoms with Crippen LogP contribution >= 0.6 is 0 Å². The van der Waals surface area contributed by atoms with Crippen LogP contribution in [0.2, 0.25) is 0 Å². The molecular weight excluding hydrogens is 232 g/mol. The van der Waals surface area contributed by atoms with Gasteiger partial charge in [-0.25, -0.2) is 0 Å². The third kappa shape index (κ3) is 6.07. The van der Waals surface area contributed by atoms with Crippen LogP contribution in [0.15, 0.2) is 18.3 Å². The van der Waals surface area contributed by atoms with Gasteiger partial charge in [0.1, 0.15) is 0 Å². The summed E-state index contributed by atoms with van der Waals surface area (Å²) in [5.74, 6) is 0. The highest BCUT2D eigenvalue weighted by Crippen LogP contribution is 2.05. The van der Waals surface area contributed by atoms with E-state index in [1.807, 2.05) is 12.1 Å². The van der Waals surface area contributed by atoms with E-state index in [9.17, 15) is 0 Å². The zero-order chi connectivity index (χ0) is 13.1. The van der Waals surface area contributed by atoms with E-state index in [-0.39, 0.29) is 0 Å². The summed E-state index contributed by atoms with van der Waals surface area (Å²) in [6.07, 6.45) is 2.65. The molecule has 0 fully saturated rings. The third-order valence-electron chi connectivity index (χ3n) is 2.44. The van der Waals surface area contributed by atoms with Crippen molar-refractivity contribution in [1.82, 2.24) is 4.98 Å². The van der Waals surface area contributed by atoms with Crippen LogP contribution in [-0.2, 0) is 27.4 Å². The fraction of sp³-hybridized carbons (Fsp3) is 0.615. The van der Waals surface area contributed by atoms with Crippen molar-refractivity contribution < 1.29 is 14.2 Å². The number of nitrogens with zero attached hydrogens (tertiary/aromatic N) is 1. The number of hydrogen-bond donors (Lipinski definition) is 1. The smallest absolute Gasteiger partial charge is 0.0736 e. The van der Waals surface area contributed by atoms with Crippen LogP contribution in [0.4, 0.5) is 0 Å². The molecule has 1 aromatic heterocycles. The molecule has 0 saturated heterocycles. The first kappa shape index (κ1) is 15.0. The van der Waals surface area contributed by atoms with Gasteiger partial charge in [-0.2, -0.15) is 0 Å². The quantitative estimate of drug-likeness (QED) is 0.634. The van der Waals surface area contributed by atoms with Gasteiger partial charge in [-0.1, -0.05) is 6.07 Å². The van der Waals surface area contributed by atoms with Gasteiger partial charge in [0.2, 0.25) is 0 Å². The summed E-state index contributed by atoms with van der Waals surface area (Å²) in [6.45, 7) is 3.58. The van der Waals surface area contributed by atoms with Crippen LogP contribution in [-0.4, -0.2) is 38.5 Å². The Balaban J connectivity index is 2.07. The average Bonchev–Trinajstić information content (AvgIpc) is 2.42. The Bertz CT molecular complexity index is 321. The molecule has 18 heavy (non-hydrogen) atoms. The van der Waals surface area contributed by atoms with Gasteiger partial charge >= 0.3 is 0 Å². The van der Waals surface area contributed by atoms with E-state index < -0.39 is 0 Å². The van der Waals surface area contributed by atoms with Gasteiger partial charge in [-0.15, -0.1) is 0 Å². The van der Waals surface area contributed by atoms with E-state index >= 15 is 0 Å². The summed E-state index contributed by atoms with van der Waals surface area (Å²) in [5, 5.41) is 0. The molecule has 0 aliphatic heterocycles. The van der Waals surface area contributed by atoms with E-state index in [1.165, 1.54) is 0 Å². The molecule has 0 spiro atoms. The molecule has 5 heteroatoms. The van der Waals surface area contributed by atoms with Crippen LogP contribution in [0.25, 0.3) is 0 Å². The molecule has 1 heterocycles. The molecule has 0 amide bonds. The van der Waals surface area contributed by atoms with E-state index in [4.69, 9.17) is 19.9 Å². The van der Waals surface area contributed by atoms with Crippen molar-refractivity contribution in [3.8, 4) is 0 Å². The number of aromatic nitrogens is 1. The Labute approximate surface area is 108 Å². The molecule has 1 rings (SSSR count). The SMILES string of the molecule is COCCCOCCOCc1cccnc1CN. The van der Waals surface area contributed by atoms with Crippen LogP contribution in [0.3, 0.4) is 0 Å². The van der Waals surface area contributed by atoms with Crippen molar-refractivity contribution in [2.75, 3.05) is 33.5 Å². The highest BCUT2D eigenvalue weighted by Gasteiger charge is 2.01. The van der Waals surface area contributed by atoms with Gasteiger partial charge in [0.25, 0.3) is 0 Å². The molecule has 102 valence electrons. The van der Waals surface area contributed by atoms with E-state index in [0.29, 0.717) is 33.0 Å². The predicted molar refractivity (Wildman–Crippen MR) is 69.1 cm³/mol. The number of hydrogen-bond acceptors (Lipinski definition) is 5. The topological polar surface area (TPSA) is 66.6 Å². The second kappa shape index (κ2) is 9.96. The van der Waals surface area contributed by atoms with Gasteiger partial charge in [-0.3, -0.25) is 4.98 Å². The zero-order valence-corrected chi connectivity index (χ0v) is 10.9. The molecule has 0 radical (unpaired) electrons. The average molecular weight is 254 g/mol. The Morgan fingerprint density at radius 3 is 2.78 bits per heavy atom. The summed E-state index contributed by atoms with van der Waals surface area (Å²) in [4.78, 5) is 4.20. The lowest BCUT2D eigenvalue weighted by atomic mass is 10.2. The first-order chi connectivity index (χ1) is 8.88. The van der Waals surface area contributed by atoms with Gasteiger partial charge in [0.05, 0.1) is 25.5 Å². The first-order valence-electron chi connectivity index (χ1n) is 6.15. The lowest BCUT2D eigenvalue weighted by Gasteiger charge is -2.08. The van der Waals surface area contributed by atoms with Gasteiger partial charge in [0.15, 0.2) is 0 Å². The molecule has 2 N–H and O–H groups in total. The van der Waals surface area contributed by atoms with Crippen LogP contribution in [0.1, 0.15) is 17.7 Å². The number of nitrogens with two attached hydrogens (primary N) is 1. The Hall–Kier alpha value is -1.01. The molecular formula is C13H22N2O3. The van der Waals surface area contributed by atoms with Gasteiger partial charge < -0.3 is 19.9 Å². The Kier molecular flexibility index (Phi) is 8.33. The minimum Gasteiger partial charge on any atom is -0.385 e. The predicted octanol–water partition coefficient (Wildman–Crippen LogP) is 1.11. The van der Waals surface area contributed by atoms with E-state index in [0.717, 1.165) is 24.3 Å². The molecule has 0 aromatic carbocycles. The lowest BCUT2D eigenvalue weighted by molar-refractivity contribution is 0.0334. The highest BCUT2D eigenvalue weighted by molar-refractivity contribution is 5.18. The van der Waals surface area contributed by atoms with E-state index in [2.05, 4.69) is 4.98 Å². The van der Waals surface area contributed by atoms with Crippen LogP contribution in [0.5, 0.6) is 0 Å². The summed E-state index contributed by atoms with van der Waals surface area (Å²) < 4.78 is 15.8. The van der Waals surface area contributed by atoms with E-state index in [1.54, 1.807) is 13.3 Å². The summed E-state index contributed by atoms with van der Waals surface area (Å²) >= 11 is 0. The number of ether oxygens (including phenoxy) is 3. The largest absolute Gasteiger partial charge is 0.385 e.